The van der Waals surface area contributed by atoms with E-state index in [1.54, 1.807) is 0 Å². The molecule has 0 bridgehead atoms. The summed E-state index contributed by atoms with van der Waals surface area (Å²) in [6.45, 7) is 1.33. The summed E-state index contributed by atoms with van der Waals surface area (Å²) in [6.07, 6.45) is 0. The summed E-state index contributed by atoms with van der Waals surface area (Å²) < 4.78 is 0.408. The van der Waals surface area contributed by atoms with Crippen LogP contribution < -0.4 is 5.43 Å². The monoisotopic (exact) mass is 190 g/mol. The molecule has 1 heterocycles. The van der Waals surface area contributed by atoms with Crippen molar-refractivity contribution in [3.05, 3.63) is 0 Å². The highest BCUT2D eigenvalue weighted by molar-refractivity contribution is 8.23. The molecule has 1 N–H and O–H groups in total. The number of amides is 2. The van der Waals surface area contributed by atoms with Crippen LogP contribution in [0.3, 0.4) is 0 Å². The number of nitrogens with zero attached hydrogens (tertiary/aromatic N) is 1. The first-order chi connectivity index (χ1) is 5.11. The molecule has 0 aromatic rings. The predicted molar refractivity (Wildman–Crippen MR) is 45.7 cm³/mol. The highest BCUT2D eigenvalue weighted by Gasteiger charge is 2.27. The summed E-state index contributed by atoms with van der Waals surface area (Å²) >= 11 is 6.04. The molecular weight excluding hydrogens is 184 g/mol. The molecule has 0 atom stereocenters. The maximum Gasteiger partial charge on any atom is 0.257 e. The zero-order valence-corrected chi connectivity index (χ0v) is 7.42. The molecule has 1 fully saturated rings. The summed E-state index contributed by atoms with van der Waals surface area (Å²) in [5.74, 6) is -0.141. The Hall–Kier alpha value is -0.620. The zero-order valence-electron chi connectivity index (χ0n) is 5.79. The smallest absolute Gasteiger partial charge is 0.257 e. The minimum Gasteiger partial charge on any atom is -0.274 e. The first kappa shape index (κ1) is 8.48. The number of rotatable bonds is 1. The van der Waals surface area contributed by atoms with Gasteiger partial charge in [0, 0.05) is 6.92 Å². The topological polar surface area (TPSA) is 49.4 Å². The van der Waals surface area contributed by atoms with Gasteiger partial charge in [0.25, 0.3) is 5.91 Å². The zero-order chi connectivity index (χ0) is 8.43. The summed E-state index contributed by atoms with van der Waals surface area (Å²) in [7, 11) is 0. The third kappa shape index (κ3) is 1.90. The summed E-state index contributed by atoms with van der Waals surface area (Å²) in [4.78, 5) is 21.4. The van der Waals surface area contributed by atoms with Crippen LogP contribution in [-0.2, 0) is 9.59 Å². The van der Waals surface area contributed by atoms with E-state index in [1.165, 1.54) is 18.7 Å². The minimum absolute atomic E-state index is 0.171. The lowest BCUT2D eigenvalue weighted by Gasteiger charge is -2.13. The Morgan fingerprint density at radius 1 is 1.82 bits per heavy atom. The van der Waals surface area contributed by atoms with Gasteiger partial charge in [-0.1, -0.05) is 24.0 Å². The van der Waals surface area contributed by atoms with E-state index in [1.807, 2.05) is 0 Å². The van der Waals surface area contributed by atoms with Crippen molar-refractivity contribution < 1.29 is 9.59 Å². The molecule has 0 aromatic carbocycles. The second kappa shape index (κ2) is 3.19. The first-order valence-corrected chi connectivity index (χ1v) is 4.27. The maximum absolute atomic E-state index is 10.9. The van der Waals surface area contributed by atoms with Gasteiger partial charge in [-0.05, 0) is 0 Å². The Balaban J connectivity index is 2.62. The van der Waals surface area contributed by atoms with Crippen molar-refractivity contribution >= 4 is 40.1 Å². The highest BCUT2D eigenvalue weighted by atomic mass is 32.2. The van der Waals surface area contributed by atoms with Crippen LogP contribution in [0.5, 0.6) is 0 Å². The number of hydrogen-bond donors (Lipinski definition) is 1. The second-order valence-electron chi connectivity index (χ2n) is 1.95. The van der Waals surface area contributed by atoms with Crippen LogP contribution in [0.1, 0.15) is 6.92 Å². The van der Waals surface area contributed by atoms with E-state index >= 15 is 0 Å². The first-order valence-electron chi connectivity index (χ1n) is 2.88. The van der Waals surface area contributed by atoms with Crippen molar-refractivity contribution in [3.63, 3.8) is 0 Å². The average molecular weight is 190 g/mol. The Morgan fingerprint density at radius 3 is 2.82 bits per heavy atom. The van der Waals surface area contributed by atoms with Crippen LogP contribution >= 0.6 is 24.0 Å². The van der Waals surface area contributed by atoms with Gasteiger partial charge in [-0.15, -0.1) is 0 Å². The molecular formula is C5H6N2O2S2. The Morgan fingerprint density at radius 2 is 2.45 bits per heavy atom. The molecule has 6 heteroatoms. The fraction of sp³-hybridized carbons (Fsp3) is 0.400. The normalized spacial score (nSPS) is 17.4. The lowest BCUT2D eigenvalue weighted by molar-refractivity contribution is -0.133. The van der Waals surface area contributed by atoms with Gasteiger partial charge < -0.3 is 0 Å². The van der Waals surface area contributed by atoms with E-state index in [-0.39, 0.29) is 11.8 Å². The van der Waals surface area contributed by atoms with Crippen molar-refractivity contribution in [2.45, 2.75) is 6.92 Å². The predicted octanol–water partition coefficient (Wildman–Crippen LogP) is -0.102. The van der Waals surface area contributed by atoms with Gasteiger partial charge in [-0.2, -0.15) is 0 Å². The van der Waals surface area contributed by atoms with E-state index < -0.39 is 0 Å². The molecule has 0 aliphatic carbocycles. The number of hydrazine groups is 1. The molecule has 1 aliphatic heterocycles. The van der Waals surface area contributed by atoms with E-state index in [4.69, 9.17) is 12.2 Å². The van der Waals surface area contributed by atoms with Gasteiger partial charge in [-0.25, -0.2) is 5.01 Å². The molecule has 2 amide bonds. The van der Waals surface area contributed by atoms with E-state index in [0.717, 1.165) is 5.01 Å². The molecule has 1 saturated heterocycles. The Kier molecular flexibility index (Phi) is 2.45. The third-order valence-electron chi connectivity index (χ3n) is 1.02. The van der Waals surface area contributed by atoms with E-state index in [9.17, 15) is 9.59 Å². The van der Waals surface area contributed by atoms with Gasteiger partial charge in [0.1, 0.15) is 0 Å². The summed E-state index contributed by atoms with van der Waals surface area (Å²) in [6, 6.07) is 0. The highest BCUT2D eigenvalue weighted by Crippen LogP contribution is 2.16. The molecule has 1 rings (SSSR count). The minimum atomic E-state index is -0.289. The summed E-state index contributed by atoms with van der Waals surface area (Å²) in [5.41, 5.74) is 2.32. The molecule has 60 valence electrons. The lowest BCUT2D eigenvalue weighted by Crippen LogP contribution is -2.43. The molecule has 1 aliphatic rings. The second-order valence-corrected chi connectivity index (χ2v) is 3.56. The molecule has 0 spiro atoms. The standard InChI is InChI=1S/C5H6N2O2S2/c1-3(8)6-7-4(9)2-11-5(7)10/h2H2,1H3,(H,6,8). The molecule has 0 aromatic heterocycles. The molecule has 4 nitrogen and oxygen atoms in total. The summed E-state index contributed by atoms with van der Waals surface area (Å²) in [5, 5.41) is 1.10. The van der Waals surface area contributed by atoms with Crippen LogP contribution in [0.15, 0.2) is 0 Å². The largest absolute Gasteiger partial charge is 0.274 e. The number of hydrogen-bond acceptors (Lipinski definition) is 4. The fourth-order valence-electron chi connectivity index (χ4n) is 0.620. The van der Waals surface area contributed by atoms with Crippen LogP contribution in [0.4, 0.5) is 0 Å². The van der Waals surface area contributed by atoms with Crippen molar-refractivity contribution in [2.75, 3.05) is 5.75 Å². The number of thioether (sulfide) groups is 1. The average Bonchev–Trinajstić information content (AvgIpc) is 2.18. The van der Waals surface area contributed by atoms with Crippen molar-refractivity contribution in [1.82, 2.24) is 10.4 Å². The van der Waals surface area contributed by atoms with Crippen LogP contribution in [0.2, 0.25) is 0 Å². The molecule has 0 unspecified atom stereocenters. The molecule has 0 radical (unpaired) electrons. The SMILES string of the molecule is CC(=O)NN1C(=O)CSC1=S. The Labute approximate surface area is 73.3 Å². The van der Waals surface area contributed by atoms with Gasteiger partial charge in [0.05, 0.1) is 5.75 Å². The maximum atomic E-state index is 10.9. The van der Waals surface area contributed by atoms with E-state index in [0.29, 0.717) is 10.1 Å². The van der Waals surface area contributed by atoms with Crippen LogP contribution in [-0.4, -0.2) is 26.9 Å². The van der Waals surface area contributed by atoms with Gasteiger partial charge in [0.15, 0.2) is 4.32 Å². The number of carbonyl (C=O) groups excluding carboxylic acids is 2. The van der Waals surface area contributed by atoms with Crippen LogP contribution in [0.25, 0.3) is 0 Å². The van der Waals surface area contributed by atoms with Gasteiger partial charge in [0.2, 0.25) is 5.91 Å². The van der Waals surface area contributed by atoms with Crippen molar-refractivity contribution in [2.24, 2.45) is 0 Å². The number of carbonyl (C=O) groups is 2. The molecule has 0 saturated carbocycles. The Bertz CT molecular complexity index is 213. The van der Waals surface area contributed by atoms with Crippen molar-refractivity contribution in [3.8, 4) is 0 Å². The molecule has 11 heavy (non-hydrogen) atoms. The number of nitrogens with one attached hydrogen (secondary N) is 1. The number of thiocarbonyl (C=S) groups is 1. The van der Waals surface area contributed by atoms with Crippen LogP contribution in [0, 0.1) is 0 Å². The van der Waals surface area contributed by atoms with Crippen molar-refractivity contribution in [1.29, 1.82) is 0 Å². The third-order valence-corrected chi connectivity index (χ3v) is 2.38. The van der Waals surface area contributed by atoms with Gasteiger partial charge >= 0.3 is 0 Å². The van der Waals surface area contributed by atoms with E-state index in [2.05, 4.69) is 5.43 Å². The quantitative estimate of drug-likeness (QED) is 0.586. The van der Waals surface area contributed by atoms with Gasteiger partial charge in [-0.3, -0.25) is 15.0 Å². The fourth-order valence-corrected chi connectivity index (χ4v) is 1.60. The lowest BCUT2D eigenvalue weighted by atomic mass is 10.7.